The Kier molecular flexibility index (Phi) is 13.0. The van der Waals surface area contributed by atoms with Crippen LogP contribution in [0, 0.1) is 0 Å². The molecule has 0 saturated heterocycles. The van der Waals surface area contributed by atoms with E-state index in [1.165, 1.54) is 11.1 Å². The summed E-state index contributed by atoms with van der Waals surface area (Å²) in [6, 6.07) is 8.86. The third-order valence-corrected chi connectivity index (χ3v) is 8.43. The van der Waals surface area contributed by atoms with E-state index in [0.29, 0.717) is 11.8 Å². The molecule has 2 atom stereocenters. The Morgan fingerprint density at radius 1 is 0.658 bits per heavy atom. The minimum absolute atomic E-state index is 0.171. The van der Waals surface area contributed by atoms with Crippen LogP contribution in [-0.2, 0) is 19.1 Å². The van der Waals surface area contributed by atoms with Gasteiger partial charge in [-0.2, -0.15) is 0 Å². The van der Waals surface area contributed by atoms with Crippen LogP contribution in [0.2, 0.25) is 0 Å². The molecule has 0 heterocycles. The molecule has 3 rings (SSSR count). The van der Waals surface area contributed by atoms with Crippen LogP contribution in [0.25, 0.3) is 0 Å². The third-order valence-electron chi connectivity index (χ3n) is 8.43. The molecule has 0 unspecified atom stereocenters. The summed E-state index contributed by atoms with van der Waals surface area (Å²) in [5, 5.41) is 0. The molecule has 2 aliphatic carbocycles. The number of ether oxygens (including phenoxy) is 2. The second-order valence-electron chi connectivity index (χ2n) is 11.4. The lowest BCUT2D eigenvalue weighted by Crippen LogP contribution is -2.28. The van der Waals surface area contributed by atoms with Crippen LogP contribution < -0.4 is 0 Å². The Bertz CT molecular complexity index is 757. The highest BCUT2D eigenvalue weighted by molar-refractivity contribution is 5.75. The second-order valence-corrected chi connectivity index (χ2v) is 11.4. The maximum atomic E-state index is 14.1. The van der Waals surface area contributed by atoms with E-state index in [4.69, 9.17) is 9.47 Å². The Labute approximate surface area is 228 Å². The molecular formula is C32H48F2O4. The lowest BCUT2D eigenvalue weighted by Gasteiger charge is -2.30. The number of carbonyl (C=O) groups excluding carboxylic acids is 2. The van der Waals surface area contributed by atoms with Crippen LogP contribution >= 0.6 is 0 Å². The van der Waals surface area contributed by atoms with Crippen molar-refractivity contribution >= 4 is 11.9 Å². The highest BCUT2D eigenvalue weighted by atomic mass is 19.1. The number of esters is 2. The molecule has 0 N–H and O–H groups in total. The van der Waals surface area contributed by atoms with Crippen molar-refractivity contribution in [2.75, 3.05) is 0 Å². The molecule has 0 aliphatic heterocycles. The Hall–Kier alpha value is -1.98. The molecule has 0 radical (unpaired) electrons. The van der Waals surface area contributed by atoms with Crippen molar-refractivity contribution in [3.63, 3.8) is 0 Å². The van der Waals surface area contributed by atoms with E-state index in [9.17, 15) is 18.4 Å². The van der Waals surface area contributed by atoms with Crippen molar-refractivity contribution in [1.82, 2.24) is 0 Å². The predicted octanol–water partition coefficient (Wildman–Crippen LogP) is 8.66. The summed E-state index contributed by atoms with van der Waals surface area (Å²) in [5.41, 5.74) is 2.61. The molecule has 2 fully saturated rings. The summed E-state index contributed by atoms with van der Waals surface area (Å²) in [4.78, 5) is 24.1. The normalized spacial score (nSPS) is 25.4. The van der Waals surface area contributed by atoms with Crippen molar-refractivity contribution in [3.05, 3.63) is 35.4 Å². The first-order valence-electron chi connectivity index (χ1n) is 15.2. The molecule has 0 aromatic heterocycles. The van der Waals surface area contributed by atoms with Crippen LogP contribution in [0.5, 0.6) is 0 Å². The summed E-state index contributed by atoms with van der Waals surface area (Å²) >= 11 is 0. The first-order valence-corrected chi connectivity index (χ1v) is 15.2. The fraction of sp³-hybridized carbons (Fsp3) is 0.750. The van der Waals surface area contributed by atoms with E-state index in [0.717, 1.165) is 89.9 Å². The summed E-state index contributed by atoms with van der Waals surface area (Å²) in [6.45, 7) is 4.12. The first kappa shape index (κ1) is 30.6. The van der Waals surface area contributed by atoms with Gasteiger partial charge in [-0.25, -0.2) is 18.4 Å². The standard InChI is InChI=1S/C32H48F2O4/c1-3-5-7-9-29(33)31(35)37-27-19-15-25(16-20-27)23-11-13-24(14-12-23)26-17-21-28(22-18-26)38-32(36)30(34)10-8-6-4-2/h11-14,25-30H,3-10,15-22H2,1-2H3/t25?,26?,27?,28?,29-,30-/m1/s1. The van der Waals surface area contributed by atoms with Gasteiger partial charge >= 0.3 is 11.9 Å². The number of hydrogen-bond donors (Lipinski definition) is 0. The van der Waals surface area contributed by atoms with Gasteiger partial charge in [-0.1, -0.05) is 63.8 Å². The molecule has 2 saturated carbocycles. The minimum Gasteiger partial charge on any atom is -0.460 e. The minimum atomic E-state index is -1.50. The lowest BCUT2D eigenvalue weighted by atomic mass is 9.80. The van der Waals surface area contributed by atoms with Crippen LogP contribution in [0.3, 0.4) is 0 Å². The first-order chi connectivity index (χ1) is 18.4. The van der Waals surface area contributed by atoms with Gasteiger partial charge in [0.2, 0.25) is 0 Å². The zero-order chi connectivity index (χ0) is 27.3. The number of halogens is 2. The monoisotopic (exact) mass is 534 g/mol. The Balaban J connectivity index is 1.37. The molecule has 0 spiro atoms. The quantitative estimate of drug-likeness (QED) is 0.177. The molecule has 0 bridgehead atoms. The van der Waals surface area contributed by atoms with Gasteiger partial charge in [0.05, 0.1) is 0 Å². The van der Waals surface area contributed by atoms with Crippen LogP contribution in [0.4, 0.5) is 8.78 Å². The maximum Gasteiger partial charge on any atom is 0.340 e. The number of rotatable bonds is 14. The second kappa shape index (κ2) is 16.2. The summed E-state index contributed by atoms with van der Waals surface area (Å²) in [5.74, 6) is -0.499. The van der Waals surface area contributed by atoms with Gasteiger partial charge in [-0.15, -0.1) is 0 Å². The van der Waals surface area contributed by atoms with E-state index in [1.54, 1.807) is 0 Å². The summed E-state index contributed by atoms with van der Waals surface area (Å²) in [7, 11) is 0. The van der Waals surface area contributed by atoms with Gasteiger partial charge in [-0.3, -0.25) is 0 Å². The SMILES string of the molecule is CCCCC[C@@H](F)C(=O)OC1CCC(c2ccc(C3CCC(OC(=O)[C@H](F)CCCCC)CC3)cc2)CC1. The smallest absolute Gasteiger partial charge is 0.340 e. The zero-order valence-electron chi connectivity index (χ0n) is 23.5. The number of carbonyl (C=O) groups is 2. The molecule has 1 aromatic carbocycles. The third kappa shape index (κ3) is 9.64. The molecule has 2 aliphatic rings. The Morgan fingerprint density at radius 2 is 1.00 bits per heavy atom. The average Bonchev–Trinajstić information content (AvgIpc) is 2.94. The van der Waals surface area contributed by atoms with Crippen molar-refractivity contribution in [2.24, 2.45) is 0 Å². The molecular weight excluding hydrogens is 486 g/mol. The maximum absolute atomic E-state index is 14.1. The van der Waals surface area contributed by atoms with Gasteiger partial charge in [0, 0.05) is 0 Å². The Morgan fingerprint density at radius 3 is 1.32 bits per heavy atom. The van der Waals surface area contributed by atoms with Crippen molar-refractivity contribution in [3.8, 4) is 0 Å². The van der Waals surface area contributed by atoms with Gasteiger partial charge in [-0.05, 0) is 100 Å². The van der Waals surface area contributed by atoms with Crippen LogP contribution in [0.1, 0.15) is 140 Å². The van der Waals surface area contributed by atoms with E-state index >= 15 is 0 Å². The number of alkyl halides is 2. The molecule has 6 heteroatoms. The van der Waals surface area contributed by atoms with Crippen molar-refractivity contribution < 1.29 is 27.8 Å². The van der Waals surface area contributed by atoms with Gasteiger partial charge in [0.15, 0.2) is 12.3 Å². The van der Waals surface area contributed by atoms with E-state index in [2.05, 4.69) is 38.1 Å². The number of unbranched alkanes of at least 4 members (excludes halogenated alkanes) is 4. The molecule has 0 amide bonds. The predicted molar refractivity (Wildman–Crippen MR) is 147 cm³/mol. The highest BCUT2D eigenvalue weighted by Crippen LogP contribution is 2.37. The van der Waals surface area contributed by atoms with Crippen LogP contribution in [0.15, 0.2) is 24.3 Å². The summed E-state index contributed by atoms with van der Waals surface area (Å²) in [6.07, 6.45) is 9.40. The van der Waals surface area contributed by atoms with Gasteiger partial charge in [0.25, 0.3) is 0 Å². The zero-order valence-corrected chi connectivity index (χ0v) is 23.5. The molecule has 4 nitrogen and oxygen atoms in total. The lowest BCUT2D eigenvalue weighted by molar-refractivity contribution is -0.157. The van der Waals surface area contributed by atoms with Gasteiger partial charge in [0.1, 0.15) is 12.2 Å². The fourth-order valence-corrected chi connectivity index (χ4v) is 5.93. The number of hydrogen-bond acceptors (Lipinski definition) is 4. The van der Waals surface area contributed by atoms with Crippen molar-refractivity contribution in [2.45, 2.75) is 153 Å². The van der Waals surface area contributed by atoms with Crippen molar-refractivity contribution in [1.29, 1.82) is 0 Å². The van der Waals surface area contributed by atoms with E-state index in [-0.39, 0.29) is 25.0 Å². The van der Waals surface area contributed by atoms with E-state index in [1.807, 2.05) is 0 Å². The summed E-state index contributed by atoms with van der Waals surface area (Å²) < 4.78 is 39.1. The molecule has 214 valence electrons. The van der Waals surface area contributed by atoms with Gasteiger partial charge < -0.3 is 9.47 Å². The largest absolute Gasteiger partial charge is 0.460 e. The highest BCUT2D eigenvalue weighted by Gasteiger charge is 2.30. The molecule has 38 heavy (non-hydrogen) atoms. The molecule has 1 aromatic rings. The van der Waals surface area contributed by atoms with E-state index < -0.39 is 24.3 Å². The van der Waals surface area contributed by atoms with Crippen LogP contribution in [-0.4, -0.2) is 36.5 Å². The average molecular weight is 535 g/mol. The topological polar surface area (TPSA) is 52.6 Å². The number of benzene rings is 1. The fourth-order valence-electron chi connectivity index (χ4n) is 5.93.